The van der Waals surface area contributed by atoms with Crippen molar-refractivity contribution in [2.24, 2.45) is 0 Å². The molecule has 6 heteroatoms. The molecule has 1 aliphatic heterocycles. The molecule has 18 heavy (non-hydrogen) atoms. The van der Waals surface area contributed by atoms with E-state index in [1.165, 1.54) is 4.90 Å². The van der Waals surface area contributed by atoms with Crippen LogP contribution >= 0.6 is 0 Å². The molecule has 0 bridgehead atoms. The third-order valence-corrected chi connectivity index (χ3v) is 2.65. The van der Waals surface area contributed by atoms with Gasteiger partial charge in [-0.05, 0) is 18.1 Å². The second-order valence-electron chi connectivity index (χ2n) is 4.09. The number of hydroxylamine groups is 1. The molecule has 1 N–H and O–H groups in total. The Morgan fingerprint density at radius 3 is 3.11 bits per heavy atom. The Balaban J connectivity index is 1.67. The van der Waals surface area contributed by atoms with Gasteiger partial charge in [-0.3, -0.25) is 19.4 Å². The first-order valence-electron chi connectivity index (χ1n) is 5.83. The van der Waals surface area contributed by atoms with Crippen LogP contribution in [0.4, 0.5) is 0 Å². The monoisotopic (exact) mass is 249 g/mol. The van der Waals surface area contributed by atoms with E-state index in [0.29, 0.717) is 13.0 Å². The number of rotatable bonds is 5. The van der Waals surface area contributed by atoms with E-state index in [1.54, 1.807) is 18.5 Å². The van der Waals surface area contributed by atoms with Crippen LogP contribution in [0.25, 0.3) is 0 Å². The molecule has 0 spiro atoms. The molecule has 0 aromatic carbocycles. The number of hydrogen-bond acceptors (Lipinski definition) is 4. The Labute approximate surface area is 105 Å². The zero-order valence-corrected chi connectivity index (χ0v) is 9.96. The number of hydrogen-bond donors (Lipinski definition) is 1. The summed E-state index contributed by atoms with van der Waals surface area (Å²) in [4.78, 5) is 33.3. The molecular formula is C12H15N3O3. The van der Waals surface area contributed by atoms with Gasteiger partial charge in [0.2, 0.25) is 5.91 Å². The molecule has 0 atom stereocenters. The van der Waals surface area contributed by atoms with Crippen LogP contribution in [0.5, 0.6) is 0 Å². The fourth-order valence-corrected chi connectivity index (χ4v) is 1.76. The predicted octanol–water partition coefficient (Wildman–Crippen LogP) is 0.252. The maximum Gasteiger partial charge on any atom is 0.263 e. The molecule has 1 saturated heterocycles. The number of nitrogens with zero attached hydrogens (tertiary/aromatic N) is 2. The van der Waals surface area contributed by atoms with E-state index < -0.39 is 0 Å². The second kappa shape index (κ2) is 6.11. The summed E-state index contributed by atoms with van der Waals surface area (Å²) in [5.74, 6) is -0.286. The molecule has 1 aromatic rings. The first kappa shape index (κ1) is 12.5. The smallest absolute Gasteiger partial charge is 0.263 e. The van der Waals surface area contributed by atoms with E-state index in [0.717, 1.165) is 12.0 Å². The second-order valence-corrected chi connectivity index (χ2v) is 4.09. The molecule has 96 valence electrons. The Hall–Kier alpha value is -1.95. The van der Waals surface area contributed by atoms with Crippen LogP contribution in [0.2, 0.25) is 0 Å². The zero-order valence-electron chi connectivity index (χ0n) is 9.96. The highest BCUT2D eigenvalue weighted by molar-refractivity contribution is 5.85. The molecule has 2 heterocycles. The van der Waals surface area contributed by atoms with Crippen LogP contribution in [-0.4, -0.2) is 34.8 Å². The van der Waals surface area contributed by atoms with Gasteiger partial charge in [-0.25, -0.2) is 5.48 Å². The van der Waals surface area contributed by atoms with Crippen LogP contribution in [0.3, 0.4) is 0 Å². The molecule has 0 unspecified atom stereocenters. The summed E-state index contributed by atoms with van der Waals surface area (Å²) in [5, 5.41) is 0. The normalized spacial score (nSPS) is 14.9. The van der Waals surface area contributed by atoms with E-state index in [1.807, 2.05) is 6.07 Å². The van der Waals surface area contributed by atoms with Crippen molar-refractivity contribution in [3.63, 3.8) is 0 Å². The van der Waals surface area contributed by atoms with Gasteiger partial charge in [0.1, 0.15) is 13.2 Å². The Kier molecular flexibility index (Phi) is 4.25. The molecule has 2 amide bonds. The lowest BCUT2D eigenvalue weighted by Crippen LogP contribution is -2.37. The molecule has 0 aliphatic carbocycles. The lowest BCUT2D eigenvalue weighted by molar-refractivity contribution is -0.140. The number of nitrogens with one attached hydrogen (secondary N) is 1. The average Bonchev–Trinajstić information content (AvgIpc) is 2.76. The van der Waals surface area contributed by atoms with Gasteiger partial charge in [0.25, 0.3) is 5.91 Å². The fraction of sp³-hybridized carbons (Fsp3) is 0.417. The highest BCUT2D eigenvalue weighted by atomic mass is 16.6. The zero-order chi connectivity index (χ0) is 12.8. The Bertz CT molecular complexity index is 422. The van der Waals surface area contributed by atoms with E-state index in [2.05, 4.69) is 10.5 Å². The molecule has 1 fully saturated rings. The lowest BCUT2D eigenvalue weighted by Gasteiger charge is -2.14. The van der Waals surface area contributed by atoms with E-state index >= 15 is 0 Å². The standard InChI is InChI=1S/C12H15N3O3/c16-11(8-15-6-2-4-12(15)17)14-18-9-10-3-1-5-13-7-10/h1,3,5,7H,2,4,6,8-9H2,(H,14,16). The van der Waals surface area contributed by atoms with Crippen molar-refractivity contribution < 1.29 is 14.4 Å². The first-order valence-corrected chi connectivity index (χ1v) is 5.83. The van der Waals surface area contributed by atoms with Crippen molar-refractivity contribution in [3.05, 3.63) is 30.1 Å². The van der Waals surface area contributed by atoms with Crippen LogP contribution < -0.4 is 5.48 Å². The van der Waals surface area contributed by atoms with Gasteiger partial charge in [-0.15, -0.1) is 0 Å². The van der Waals surface area contributed by atoms with Gasteiger partial charge in [0.15, 0.2) is 0 Å². The maximum atomic E-state index is 11.5. The summed E-state index contributed by atoms with van der Waals surface area (Å²) < 4.78 is 0. The van der Waals surface area contributed by atoms with Gasteiger partial charge in [-0.2, -0.15) is 0 Å². The topological polar surface area (TPSA) is 71.5 Å². The van der Waals surface area contributed by atoms with Crippen molar-refractivity contribution in [1.82, 2.24) is 15.4 Å². The number of carbonyl (C=O) groups is 2. The van der Waals surface area contributed by atoms with Crippen LogP contribution in [-0.2, 0) is 21.0 Å². The Morgan fingerprint density at radius 2 is 2.44 bits per heavy atom. The molecule has 6 nitrogen and oxygen atoms in total. The molecular weight excluding hydrogens is 234 g/mol. The average molecular weight is 249 g/mol. The summed E-state index contributed by atoms with van der Waals surface area (Å²) in [7, 11) is 0. The minimum absolute atomic E-state index is 0.0254. The summed E-state index contributed by atoms with van der Waals surface area (Å²) in [6, 6.07) is 3.65. The van der Waals surface area contributed by atoms with Crippen molar-refractivity contribution in [3.8, 4) is 0 Å². The number of pyridine rings is 1. The van der Waals surface area contributed by atoms with Gasteiger partial charge < -0.3 is 4.90 Å². The first-order chi connectivity index (χ1) is 8.75. The van der Waals surface area contributed by atoms with Gasteiger partial charge >= 0.3 is 0 Å². The minimum atomic E-state index is -0.311. The van der Waals surface area contributed by atoms with E-state index in [-0.39, 0.29) is 25.0 Å². The number of aromatic nitrogens is 1. The van der Waals surface area contributed by atoms with Gasteiger partial charge in [-0.1, -0.05) is 6.07 Å². The SMILES string of the molecule is O=C(CN1CCCC1=O)NOCc1cccnc1. The van der Waals surface area contributed by atoms with E-state index in [4.69, 9.17) is 4.84 Å². The van der Waals surface area contributed by atoms with Crippen molar-refractivity contribution >= 4 is 11.8 Å². The van der Waals surface area contributed by atoms with Crippen LogP contribution in [0.15, 0.2) is 24.5 Å². The van der Waals surface area contributed by atoms with Crippen LogP contribution in [0, 0.1) is 0 Å². The molecule has 1 aliphatic rings. The maximum absolute atomic E-state index is 11.5. The van der Waals surface area contributed by atoms with Crippen molar-refractivity contribution in [2.45, 2.75) is 19.4 Å². The van der Waals surface area contributed by atoms with Crippen LogP contribution in [0.1, 0.15) is 18.4 Å². The summed E-state index contributed by atoms with van der Waals surface area (Å²) in [6.07, 6.45) is 4.68. The summed E-state index contributed by atoms with van der Waals surface area (Å²) in [5.41, 5.74) is 3.19. The quantitative estimate of drug-likeness (QED) is 0.759. The largest absolute Gasteiger partial charge is 0.333 e. The third kappa shape index (κ3) is 3.53. The lowest BCUT2D eigenvalue weighted by atomic mass is 10.3. The summed E-state index contributed by atoms with van der Waals surface area (Å²) >= 11 is 0. The number of likely N-dealkylation sites (tertiary alicyclic amines) is 1. The van der Waals surface area contributed by atoms with E-state index in [9.17, 15) is 9.59 Å². The molecule has 2 rings (SSSR count). The number of amides is 2. The predicted molar refractivity (Wildman–Crippen MR) is 63.0 cm³/mol. The molecule has 0 radical (unpaired) electrons. The van der Waals surface area contributed by atoms with Gasteiger partial charge in [0, 0.05) is 25.4 Å². The number of carbonyl (C=O) groups excluding carboxylic acids is 2. The molecule has 1 aromatic heterocycles. The van der Waals surface area contributed by atoms with Crippen molar-refractivity contribution in [2.75, 3.05) is 13.1 Å². The third-order valence-electron chi connectivity index (χ3n) is 2.65. The van der Waals surface area contributed by atoms with Crippen molar-refractivity contribution in [1.29, 1.82) is 0 Å². The highest BCUT2D eigenvalue weighted by Gasteiger charge is 2.22. The minimum Gasteiger partial charge on any atom is -0.333 e. The van der Waals surface area contributed by atoms with Gasteiger partial charge in [0.05, 0.1) is 0 Å². The summed E-state index contributed by atoms with van der Waals surface area (Å²) in [6.45, 7) is 0.967. The molecule has 0 saturated carbocycles. The highest BCUT2D eigenvalue weighted by Crippen LogP contribution is 2.08. The fourth-order valence-electron chi connectivity index (χ4n) is 1.76. The Morgan fingerprint density at radius 1 is 1.56 bits per heavy atom.